The molecule has 0 N–H and O–H groups in total. The van der Waals surface area contributed by atoms with Gasteiger partial charge in [-0.3, -0.25) is 9.78 Å². The first-order chi connectivity index (χ1) is 11.4. The van der Waals surface area contributed by atoms with Crippen molar-refractivity contribution in [3.05, 3.63) is 42.2 Å². The van der Waals surface area contributed by atoms with E-state index in [9.17, 15) is 9.59 Å². The van der Waals surface area contributed by atoms with Crippen LogP contribution in [0.25, 0.3) is 0 Å². The van der Waals surface area contributed by atoms with Gasteiger partial charge in [-0.25, -0.2) is 9.80 Å². The van der Waals surface area contributed by atoms with Crippen LogP contribution in [0.2, 0.25) is 0 Å². The van der Waals surface area contributed by atoms with E-state index in [0.29, 0.717) is 10.9 Å². The number of hydrogen-bond donors (Lipinski definition) is 0. The Bertz CT molecular complexity index is 675. The zero-order valence-corrected chi connectivity index (χ0v) is 14.9. The van der Waals surface area contributed by atoms with Crippen LogP contribution in [0.5, 0.6) is 0 Å². The van der Waals surface area contributed by atoms with Crippen molar-refractivity contribution in [1.29, 1.82) is 0 Å². The minimum absolute atomic E-state index is 0.255. The number of aromatic nitrogens is 1. The standard InChI is InChI=1S/C16H20N4O3S/c1-5-23-14(22)10-9-13(21)20-16(2,12-8-6-7-11-17-12)24-15(18-20)19(3)4/h6-11H,5H2,1-4H3/b10-9+. The van der Waals surface area contributed by atoms with E-state index in [2.05, 4.69) is 10.1 Å². The van der Waals surface area contributed by atoms with Crippen LogP contribution in [0.3, 0.4) is 0 Å². The van der Waals surface area contributed by atoms with Gasteiger partial charge >= 0.3 is 5.97 Å². The topological polar surface area (TPSA) is 75.1 Å². The lowest BCUT2D eigenvalue weighted by molar-refractivity contribution is -0.137. The number of esters is 1. The molecule has 0 bridgehead atoms. The Morgan fingerprint density at radius 2 is 2.12 bits per heavy atom. The van der Waals surface area contributed by atoms with Crippen LogP contribution in [-0.2, 0) is 19.2 Å². The van der Waals surface area contributed by atoms with Crippen LogP contribution in [0, 0.1) is 0 Å². The minimum Gasteiger partial charge on any atom is -0.463 e. The Labute approximate surface area is 145 Å². The minimum atomic E-state index is -0.795. The molecule has 2 heterocycles. The molecule has 1 amide bonds. The lowest BCUT2D eigenvalue weighted by Crippen LogP contribution is -2.38. The smallest absolute Gasteiger partial charge is 0.330 e. The molecule has 7 nitrogen and oxygen atoms in total. The average Bonchev–Trinajstić information content (AvgIpc) is 2.93. The number of carbonyl (C=O) groups excluding carboxylic acids is 2. The van der Waals surface area contributed by atoms with E-state index in [1.165, 1.54) is 22.8 Å². The second-order valence-electron chi connectivity index (χ2n) is 5.31. The van der Waals surface area contributed by atoms with Gasteiger partial charge in [0.15, 0.2) is 10.0 Å². The maximum Gasteiger partial charge on any atom is 0.330 e. The molecule has 1 unspecified atom stereocenters. The molecule has 0 spiro atoms. The largest absolute Gasteiger partial charge is 0.463 e. The van der Waals surface area contributed by atoms with Crippen molar-refractivity contribution in [2.24, 2.45) is 5.10 Å². The number of thioether (sulfide) groups is 1. The van der Waals surface area contributed by atoms with Gasteiger partial charge in [-0.15, -0.1) is 5.10 Å². The highest BCUT2D eigenvalue weighted by Crippen LogP contribution is 2.45. The summed E-state index contributed by atoms with van der Waals surface area (Å²) in [6, 6.07) is 5.52. The van der Waals surface area contributed by atoms with Crippen molar-refractivity contribution in [1.82, 2.24) is 14.9 Å². The second kappa shape index (κ2) is 7.48. The third kappa shape index (κ3) is 3.76. The summed E-state index contributed by atoms with van der Waals surface area (Å²) in [6.45, 7) is 3.83. The Morgan fingerprint density at radius 1 is 1.38 bits per heavy atom. The van der Waals surface area contributed by atoms with Gasteiger partial charge in [0.05, 0.1) is 12.3 Å². The van der Waals surface area contributed by atoms with Crippen molar-refractivity contribution in [2.45, 2.75) is 18.7 Å². The lowest BCUT2D eigenvalue weighted by Gasteiger charge is -2.30. The lowest BCUT2D eigenvalue weighted by atomic mass is 10.2. The molecule has 2 rings (SSSR count). The molecule has 24 heavy (non-hydrogen) atoms. The Hall–Kier alpha value is -2.35. The predicted octanol–water partition coefficient (Wildman–Crippen LogP) is 1.78. The molecule has 0 saturated heterocycles. The Morgan fingerprint density at radius 3 is 2.71 bits per heavy atom. The molecule has 8 heteroatoms. The van der Waals surface area contributed by atoms with Gasteiger partial charge in [0, 0.05) is 32.4 Å². The summed E-state index contributed by atoms with van der Waals surface area (Å²) >= 11 is 1.42. The fourth-order valence-corrected chi connectivity index (χ4v) is 3.16. The van der Waals surface area contributed by atoms with Crippen molar-refractivity contribution in [2.75, 3.05) is 20.7 Å². The zero-order valence-electron chi connectivity index (χ0n) is 14.1. The van der Waals surface area contributed by atoms with Crippen LogP contribution in [0.1, 0.15) is 19.5 Å². The maximum atomic E-state index is 12.6. The first-order valence-electron chi connectivity index (χ1n) is 7.44. The molecule has 0 aliphatic carbocycles. The molecule has 0 radical (unpaired) electrons. The molecule has 128 valence electrons. The van der Waals surface area contributed by atoms with E-state index in [4.69, 9.17) is 4.74 Å². The summed E-state index contributed by atoms with van der Waals surface area (Å²) in [5, 5.41) is 6.41. The number of hydrazone groups is 1. The summed E-state index contributed by atoms with van der Waals surface area (Å²) in [6.07, 6.45) is 3.95. The SMILES string of the molecule is CCOC(=O)/C=C/C(=O)N1N=C(N(C)C)SC1(C)c1ccccn1. The number of pyridine rings is 1. The molecule has 1 atom stereocenters. The van der Waals surface area contributed by atoms with Crippen LogP contribution in [-0.4, -0.2) is 52.6 Å². The van der Waals surface area contributed by atoms with Gasteiger partial charge in [0.2, 0.25) is 0 Å². The van der Waals surface area contributed by atoms with E-state index >= 15 is 0 Å². The summed E-state index contributed by atoms with van der Waals surface area (Å²) in [4.78, 5) is 29.4. The Kier molecular flexibility index (Phi) is 5.61. The highest BCUT2D eigenvalue weighted by Gasteiger charge is 2.45. The van der Waals surface area contributed by atoms with Gasteiger partial charge in [-0.05, 0) is 37.7 Å². The van der Waals surface area contributed by atoms with Gasteiger partial charge in [-0.1, -0.05) is 6.07 Å². The summed E-state index contributed by atoms with van der Waals surface area (Å²) < 4.78 is 4.79. The molecular formula is C16H20N4O3S. The first kappa shape index (κ1) is 18.0. The van der Waals surface area contributed by atoms with E-state index < -0.39 is 16.7 Å². The van der Waals surface area contributed by atoms with Gasteiger partial charge < -0.3 is 9.64 Å². The fraction of sp³-hybridized carbons (Fsp3) is 0.375. The molecule has 1 aliphatic rings. The number of hydrogen-bond acceptors (Lipinski definition) is 7. The molecule has 1 aromatic rings. The van der Waals surface area contributed by atoms with Crippen molar-refractivity contribution >= 4 is 28.8 Å². The van der Waals surface area contributed by atoms with Crippen molar-refractivity contribution < 1.29 is 14.3 Å². The van der Waals surface area contributed by atoms with Crippen LogP contribution in [0.4, 0.5) is 0 Å². The number of ether oxygens (including phenoxy) is 1. The maximum absolute atomic E-state index is 12.6. The highest BCUT2D eigenvalue weighted by atomic mass is 32.2. The van der Waals surface area contributed by atoms with Gasteiger partial charge in [0.25, 0.3) is 5.91 Å². The number of amidine groups is 1. The van der Waals surface area contributed by atoms with Crippen LogP contribution >= 0.6 is 11.8 Å². The van der Waals surface area contributed by atoms with Crippen LogP contribution < -0.4 is 0 Å². The van der Waals surface area contributed by atoms with E-state index in [1.54, 1.807) is 13.1 Å². The molecule has 0 fully saturated rings. The summed E-state index contributed by atoms with van der Waals surface area (Å²) in [5.41, 5.74) is 0.702. The molecule has 1 aliphatic heterocycles. The molecule has 1 aromatic heterocycles. The third-order valence-electron chi connectivity index (χ3n) is 3.26. The fourth-order valence-electron chi connectivity index (χ4n) is 2.06. The third-order valence-corrected chi connectivity index (χ3v) is 4.67. The number of carbonyl (C=O) groups is 2. The number of amides is 1. The monoisotopic (exact) mass is 348 g/mol. The zero-order chi connectivity index (χ0) is 17.7. The Balaban J connectivity index is 2.31. The van der Waals surface area contributed by atoms with Gasteiger partial charge in [-0.2, -0.15) is 0 Å². The predicted molar refractivity (Wildman–Crippen MR) is 92.9 cm³/mol. The molecule has 0 saturated carbocycles. The van der Waals surface area contributed by atoms with Gasteiger partial charge in [0.1, 0.15) is 0 Å². The summed E-state index contributed by atoms with van der Waals surface area (Å²) in [7, 11) is 3.71. The normalized spacial score (nSPS) is 20.2. The van der Waals surface area contributed by atoms with Crippen molar-refractivity contribution in [3.63, 3.8) is 0 Å². The molecular weight excluding hydrogens is 328 g/mol. The molecule has 0 aromatic carbocycles. The van der Waals surface area contributed by atoms with E-state index in [0.717, 1.165) is 6.08 Å². The second-order valence-corrected chi connectivity index (χ2v) is 6.68. The van der Waals surface area contributed by atoms with E-state index in [1.807, 2.05) is 44.1 Å². The van der Waals surface area contributed by atoms with E-state index in [-0.39, 0.29) is 6.61 Å². The van der Waals surface area contributed by atoms with Crippen molar-refractivity contribution in [3.8, 4) is 0 Å². The quantitative estimate of drug-likeness (QED) is 0.610. The highest BCUT2D eigenvalue weighted by molar-refractivity contribution is 8.14. The first-order valence-corrected chi connectivity index (χ1v) is 8.25. The van der Waals surface area contributed by atoms with Crippen LogP contribution in [0.15, 0.2) is 41.6 Å². The summed E-state index contributed by atoms with van der Waals surface area (Å²) in [5.74, 6) is -0.977. The number of nitrogens with zero attached hydrogens (tertiary/aromatic N) is 4. The number of rotatable bonds is 4. The average molecular weight is 348 g/mol.